The highest BCUT2D eigenvalue weighted by molar-refractivity contribution is 5.80. The predicted octanol–water partition coefficient (Wildman–Crippen LogP) is 1.16. The predicted molar refractivity (Wildman–Crippen MR) is 66.9 cm³/mol. The molecular weight excluding hydrogens is 216 g/mol. The van der Waals surface area contributed by atoms with Crippen LogP contribution in [0.1, 0.15) is 39.0 Å². The second-order valence-corrected chi connectivity index (χ2v) is 5.03. The summed E-state index contributed by atoms with van der Waals surface area (Å²) in [5.41, 5.74) is 0. The van der Waals surface area contributed by atoms with E-state index in [1.807, 2.05) is 0 Å². The number of amides is 1. The van der Waals surface area contributed by atoms with E-state index in [-0.39, 0.29) is 0 Å². The lowest BCUT2D eigenvalue weighted by Crippen LogP contribution is -2.39. The maximum atomic E-state index is 11.7. The second kappa shape index (κ2) is 6.36. The van der Waals surface area contributed by atoms with E-state index in [0.717, 1.165) is 39.1 Å². The minimum atomic E-state index is 0.340. The van der Waals surface area contributed by atoms with Gasteiger partial charge >= 0.3 is 0 Å². The Morgan fingerprint density at radius 2 is 2.35 bits per heavy atom. The molecule has 4 heteroatoms. The van der Waals surface area contributed by atoms with Crippen molar-refractivity contribution < 1.29 is 9.53 Å². The number of nitrogens with one attached hydrogen (secondary N) is 1. The van der Waals surface area contributed by atoms with Gasteiger partial charge in [0, 0.05) is 38.3 Å². The van der Waals surface area contributed by atoms with Crippen LogP contribution in [-0.2, 0) is 9.53 Å². The summed E-state index contributed by atoms with van der Waals surface area (Å²) in [5, 5.41) is 3.52. The Balaban J connectivity index is 1.61. The highest BCUT2D eigenvalue weighted by atomic mass is 16.5. The summed E-state index contributed by atoms with van der Waals surface area (Å²) >= 11 is 0. The Morgan fingerprint density at radius 1 is 1.47 bits per heavy atom. The van der Waals surface area contributed by atoms with Gasteiger partial charge in [0.1, 0.15) is 0 Å². The van der Waals surface area contributed by atoms with Crippen molar-refractivity contribution in [2.75, 3.05) is 26.3 Å². The third-order valence-electron chi connectivity index (χ3n) is 3.70. The third-order valence-corrected chi connectivity index (χ3v) is 3.70. The van der Waals surface area contributed by atoms with Crippen molar-refractivity contribution in [2.45, 2.75) is 51.1 Å². The van der Waals surface area contributed by atoms with Crippen molar-refractivity contribution in [3.8, 4) is 0 Å². The first-order valence-electron chi connectivity index (χ1n) is 6.93. The van der Waals surface area contributed by atoms with Crippen LogP contribution < -0.4 is 5.32 Å². The molecule has 0 aromatic carbocycles. The molecule has 2 unspecified atom stereocenters. The molecule has 2 atom stereocenters. The lowest BCUT2D eigenvalue weighted by Gasteiger charge is -2.20. The number of hydrogen-bond donors (Lipinski definition) is 1. The molecule has 4 nitrogen and oxygen atoms in total. The fourth-order valence-electron chi connectivity index (χ4n) is 2.88. The smallest absolute Gasteiger partial charge is 0.224 e. The number of carbonyl (C=O) groups is 1. The monoisotopic (exact) mass is 240 g/mol. The quantitative estimate of drug-likeness (QED) is 0.679. The molecule has 2 rings (SSSR count). The van der Waals surface area contributed by atoms with Crippen LogP contribution in [-0.4, -0.2) is 49.2 Å². The van der Waals surface area contributed by atoms with E-state index in [4.69, 9.17) is 4.74 Å². The van der Waals surface area contributed by atoms with Crippen molar-refractivity contribution in [3.05, 3.63) is 0 Å². The van der Waals surface area contributed by atoms with Gasteiger partial charge in [0.25, 0.3) is 0 Å². The number of nitrogens with zero attached hydrogens (tertiary/aromatic N) is 1. The minimum Gasteiger partial charge on any atom is -0.381 e. The molecule has 98 valence electrons. The Kier molecular flexibility index (Phi) is 4.80. The maximum absolute atomic E-state index is 11.7. The number of carbonyl (C=O) groups excluding carboxylic acids is 1. The van der Waals surface area contributed by atoms with Gasteiger partial charge in [-0.1, -0.05) is 6.92 Å². The average Bonchev–Trinajstić information content (AvgIpc) is 2.89. The molecule has 0 radical (unpaired) electrons. The van der Waals surface area contributed by atoms with Gasteiger partial charge in [-0.15, -0.1) is 0 Å². The van der Waals surface area contributed by atoms with Crippen LogP contribution in [0.25, 0.3) is 0 Å². The molecule has 0 spiro atoms. The fourth-order valence-corrected chi connectivity index (χ4v) is 2.88. The van der Waals surface area contributed by atoms with Crippen LogP contribution >= 0.6 is 0 Å². The molecule has 2 saturated heterocycles. The zero-order valence-electron chi connectivity index (χ0n) is 10.8. The van der Waals surface area contributed by atoms with E-state index < -0.39 is 0 Å². The van der Waals surface area contributed by atoms with Crippen LogP contribution in [0.2, 0.25) is 0 Å². The van der Waals surface area contributed by atoms with Crippen molar-refractivity contribution in [1.82, 2.24) is 10.2 Å². The number of rotatable bonds is 7. The van der Waals surface area contributed by atoms with Gasteiger partial charge in [0.05, 0.1) is 0 Å². The largest absolute Gasteiger partial charge is 0.381 e. The summed E-state index contributed by atoms with van der Waals surface area (Å²) in [6.07, 6.45) is 5.17. The van der Waals surface area contributed by atoms with Crippen molar-refractivity contribution >= 4 is 5.91 Å². The molecule has 0 aromatic heterocycles. The zero-order valence-corrected chi connectivity index (χ0v) is 10.8. The van der Waals surface area contributed by atoms with Gasteiger partial charge in [0.15, 0.2) is 0 Å². The summed E-state index contributed by atoms with van der Waals surface area (Å²) < 4.78 is 5.44. The standard InChI is InChI=1S/C13H24N2O2/c1-2-8-17-9-4-6-14-11-10-13(16)15-7-3-5-12(11)15/h11-12,14H,2-10H2,1H3. The van der Waals surface area contributed by atoms with E-state index in [1.54, 1.807) is 0 Å². The Morgan fingerprint density at radius 3 is 3.18 bits per heavy atom. The van der Waals surface area contributed by atoms with Crippen LogP contribution in [0.4, 0.5) is 0 Å². The zero-order chi connectivity index (χ0) is 12.1. The molecule has 2 aliphatic rings. The molecule has 2 aliphatic heterocycles. The van der Waals surface area contributed by atoms with Crippen LogP contribution in [0.15, 0.2) is 0 Å². The Bertz CT molecular complexity index is 258. The first-order valence-corrected chi connectivity index (χ1v) is 6.93. The summed E-state index contributed by atoms with van der Waals surface area (Å²) in [6.45, 7) is 5.75. The second-order valence-electron chi connectivity index (χ2n) is 5.03. The van der Waals surface area contributed by atoms with Crippen molar-refractivity contribution in [3.63, 3.8) is 0 Å². The molecular formula is C13H24N2O2. The number of hydrogen-bond acceptors (Lipinski definition) is 3. The average molecular weight is 240 g/mol. The van der Waals surface area contributed by atoms with Crippen molar-refractivity contribution in [2.24, 2.45) is 0 Å². The van der Waals surface area contributed by atoms with Gasteiger partial charge in [-0.05, 0) is 32.2 Å². The molecule has 0 saturated carbocycles. The highest BCUT2D eigenvalue weighted by Crippen LogP contribution is 2.28. The van der Waals surface area contributed by atoms with E-state index in [9.17, 15) is 4.79 Å². The summed E-state index contributed by atoms with van der Waals surface area (Å²) in [4.78, 5) is 13.8. The minimum absolute atomic E-state index is 0.340. The Labute approximate surface area is 104 Å². The number of fused-ring (bicyclic) bond motifs is 1. The van der Waals surface area contributed by atoms with E-state index in [0.29, 0.717) is 24.4 Å². The molecule has 17 heavy (non-hydrogen) atoms. The normalized spacial score (nSPS) is 27.8. The topological polar surface area (TPSA) is 41.6 Å². The first kappa shape index (κ1) is 12.8. The highest BCUT2D eigenvalue weighted by Gasteiger charge is 2.41. The van der Waals surface area contributed by atoms with Crippen molar-refractivity contribution in [1.29, 1.82) is 0 Å². The molecule has 0 bridgehead atoms. The van der Waals surface area contributed by atoms with E-state index in [2.05, 4.69) is 17.1 Å². The summed E-state index contributed by atoms with van der Waals surface area (Å²) in [5.74, 6) is 0.340. The van der Waals surface area contributed by atoms with Gasteiger partial charge in [-0.2, -0.15) is 0 Å². The van der Waals surface area contributed by atoms with Gasteiger partial charge < -0.3 is 15.0 Å². The third kappa shape index (κ3) is 3.19. The van der Waals surface area contributed by atoms with Crippen LogP contribution in [0.3, 0.4) is 0 Å². The summed E-state index contributed by atoms with van der Waals surface area (Å²) in [7, 11) is 0. The van der Waals surface area contributed by atoms with E-state index in [1.165, 1.54) is 12.8 Å². The molecule has 1 amide bonds. The maximum Gasteiger partial charge on any atom is 0.224 e. The van der Waals surface area contributed by atoms with Gasteiger partial charge in [0.2, 0.25) is 5.91 Å². The van der Waals surface area contributed by atoms with E-state index >= 15 is 0 Å². The molecule has 2 heterocycles. The van der Waals surface area contributed by atoms with Gasteiger partial charge in [-0.3, -0.25) is 4.79 Å². The lowest BCUT2D eigenvalue weighted by atomic mass is 10.1. The SMILES string of the molecule is CCCOCCCNC1CC(=O)N2CCCC12. The fraction of sp³-hybridized carbons (Fsp3) is 0.923. The van der Waals surface area contributed by atoms with Crippen LogP contribution in [0, 0.1) is 0 Å². The molecule has 2 fully saturated rings. The van der Waals surface area contributed by atoms with Gasteiger partial charge in [-0.25, -0.2) is 0 Å². The number of ether oxygens (including phenoxy) is 1. The first-order chi connectivity index (χ1) is 8.33. The Hall–Kier alpha value is -0.610. The molecule has 0 aromatic rings. The lowest BCUT2D eigenvalue weighted by molar-refractivity contribution is -0.127. The van der Waals surface area contributed by atoms with Crippen LogP contribution in [0.5, 0.6) is 0 Å². The molecule has 1 N–H and O–H groups in total. The molecule has 0 aliphatic carbocycles. The summed E-state index contributed by atoms with van der Waals surface area (Å²) in [6, 6.07) is 0.857.